The average molecular weight is 428 g/mol. The summed E-state index contributed by atoms with van der Waals surface area (Å²) in [6.07, 6.45) is 1.15. The summed E-state index contributed by atoms with van der Waals surface area (Å²) >= 11 is 6.03. The van der Waals surface area contributed by atoms with E-state index in [0.29, 0.717) is 12.0 Å². The van der Waals surface area contributed by atoms with Crippen molar-refractivity contribution in [2.45, 2.75) is 31.4 Å². The quantitative estimate of drug-likeness (QED) is 0.445. The zero-order chi connectivity index (χ0) is 19.3. The summed E-state index contributed by atoms with van der Waals surface area (Å²) in [5, 5.41) is 0.735. The Morgan fingerprint density at radius 2 is 1.52 bits per heavy atom. The molecule has 3 aromatic carbocycles. The van der Waals surface area contributed by atoms with Gasteiger partial charge in [-0.15, -0.1) is 12.4 Å². The van der Waals surface area contributed by atoms with E-state index in [-0.39, 0.29) is 18.5 Å². The Bertz CT molecular complexity index is 870. The molecule has 0 spiro atoms. The fourth-order valence-corrected chi connectivity index (χ4v) is 4.23. The molecule has 1 heterocycles. The van der Waals surface area contributed by atoms with Gasteiger partial charge in [-0.25, -0.2) is 0 Å². The van der Waals surface area contributed by atoms with Crippen LogP contribution in [0, 0.1) is 0 Å². The summed E-state index contributed by atoms with van der Waals surface area (Å²) in [6, 6.07) is 29.6. The highest BCUT2D eigenvalue weighted by Gasteiger charge is 2.34. The molecule has 1 saturated heterocycles. The maximum absolute atomic E-state index is 6.43. The van der Waals surface area contributed by atoms with Crippen LogP contribution in [0.5, 0.6) is 5.75 Å². The van der Waals surface area contributed by atoms with E-state index in [0.717, 1.165) is 30.3 Å². The maximum atomic E-state index is 6.43. The second-order valence-electron chi connectivity index (χ2n) is 7.50. The van der Waals surface area contributed by atoms with Crippen molar-refractivity contribution in [1.82, 2.24) is 4.90 Å². The maximum Gasteiger partial charge on any atom is 0.119 e. The first kappa shape index (κ1) is 21.7. The molecule has 1 unspecified atom stereocenters. The first-order valence-corrected chi connectivity index (χ1v) is 10.3. The van der Waals surface area contributed by atoms with Gasteiger partial charge < -0.3 is 4.74 Å². The van der Waals surface area contributed by atoms with Crippen LogP contribution in [0.1, 0.15) is 36.4 Å². The topological polar surface area (TPSA) is 12.5 Å². The molecule has 0 N–H and O–H groups in total. The number of likely N-dealkylation sites (tertiary alicyclic amines) is 1. The minimum Gasteiger partial charge on any atom is -0.490 e. The molecule has 0 saturated carbocycles. The van der Waals surface area contributed by atoms with E-state index in [4.69, 9.17) is 16.3 Å². The minimum atomic E-state index is 0. The van der Waals surface area contributed by atoms with Crippen LogP contribution in [0.25, 0.3) is 0 Å². The van der Waals surface area contributed by atoms with E-state index < -0.39 is 0 Å². The average Bonchev–Trinajstić information content (AvgIpc) is 2.76. The van der Waals surface area contributed by atoms with Gasteiger partial charge in [-0.2, -0.15) is 0 Å². The third kappa shape index (κ3) is 5.33. The second-order valence-corrected chi connectivity index (χ2v) is 7.93. The number of ether oxygens (including phenoxy) is 1. The van der Waals surface area contributed by atoms with Gasteiger partial charge in [0.25, 0.3) is 0 Å². The Hall–Kier alpha value is -2.00. The molecule has 1 fully saturated rings. The predicted molar refractivity (Wildman–Crippen MR) is 123 cm³/mol. The molecule has 0 radical (unpaired) electrons. The molecule has 1 aliphatic heterocycles. The van der Waals surface area contributed by atoms with Crippen LogP contribution in [-0.4, -0.2) is 24.1 Å². The smallest absolute Gasteiger partial charge is 0.119 e. The zero-order valence-corrected chi connectivity index (χ0v) is 18.2. The molecule has 29 heavy (non-hydrogen) atoms. The lowest BCUT2D eigenvalue weighted by atomic mass is 9.86. The van der Waals surface area contributed by atoms with Crippen molar-refractivity contribution >= 4 is 24.0 Å². The van der Waals surface area contributed by atoms with Gasteiger partial charge in [-0.05, 0) is 48.7 Å². The first-order chi connectivity index (χ1) is 13.7. The van der Waals surface area contributed by atoms with Crippen LogP contribution >= 0.6 is 24.0 Å². The monoisotopic (exact) mass is 427 g/mol. The Kier molecular flexibility index (Phi) is 7.60. The van der Waals surface area contributed by atoms with Crippen molar-refractivity contribution in [2.24, 2.45) is 0 Å². The fourth-order valence-electron chi connectivity index (χ4n) is 4.10. The van der Waals surface area contributed by atoms with Crippen molar-refractivity contribution in [3.05, 3.63) is 101 Å². The largest absolute Gasteiger partial charge is 0.490 e. The van der Waals surface area contributed by atoms with Crippen molar-refractivity contribution in [3.8, 4) is 5.75 Å². The van der Waals surface area contributed by atoms with E-state index in [1.807, 2.05) is 24.3 Å². The molecule has 0 bridgehead atoms. The van der Waals surface area contributed by atoms with Crippen molar-refractivity contribution < 1.29 is 4.74 Å². The van der Waals surface area contributed by atoms with Crippen LogP contribution < -0.4 is 4.74 Å². The summed E-state index contributed by atoms with van der Waals surface area (Å²) in [4.78, 5) is 2.58. The highest BCUT2D eigenvalue weighted by atomic mass is 35.5. The number of rotatable bonds is 5. The lowest BCUT2D eigenvalue weighted by Gasteiger charge is -2.41. The fraction of sp³-hybridized carbons (Fsp3) is 0.280. The van der Waals surface area contributed by atoms with Gasteiger partial charge in [0.1, 0.15) is 11.9 Å². The molecule has 0 aliphatic carbocycles. The predicted octanol–water partition coefficient (Wildman–Crippen LogP) is 6.76. The number of hydrogen-bond acceptors (Lipinski definition) is 2. The Morgan fingerprint density at radius 3 is 2.17 bits per heavy atom. The Labute approximate surface area is 184 Å². The molecule has 0 amide bonds. The summed E-state index contributed by atoms with van der Waals surface area (Å²) in [7, 11) is 0. The van der Waals surface area contributed by atoms with Crippen molar-refractivity contribution in [3.63, 3.8) is 0 Å². The van der Waals surface area contributed by atoms with Crippen LogP contribution in [0.15, 0.2) is 84.9 Å². The number of halogens is 2. The zero-order valence-electron chi connectivity index (χ0n) is 16.6. The van der Waals surface area contributed by atoms with Gasteiger partial charge in [0.2, 0.25) is 0 Å². The Balaban J connectivity index is 0.00000240. The lowest BCUT2D eigenvalue weighted by molar-refractivity contribution is 0.0587. The van der Waals surface area contributed by atoms with E-state index in [1.165, 1.54) is 11.1 Å². The molecule has 2 nitrogen and oxygen atoms in total. The van der Waals surface area contributed by atoms with Gasteiger partial charge in [-0.3, -0.25) is 4.90 Å². The number of piperidine rings is 1. The van der Waals surface area contributed by atoms with Crippen molar-refractivity contribution in [2.75, 3.05) is 13.1 Å². The summed E-state index contributed by atoms with van der Waals surface area (Å²) in [6.45, 7) is 4.31. The van der Waals surface area contributed by atoms with Crippen LogP contribution in [-0.2, 0) is 0 Å². The normalized spacial score (nSPS) is 20.5. The van der Waals surface area contributed by atoms with E-state index >= 15 is 0 Å². The van der Waals surface area contributed by atoms with Gasteiger partial charge in [-0.1, -0.05) is 72.3 Å². The molecule has 4 heteroatoms. The van der Waals surface area contributed by atoms with Gasteiger partial charge >= 0.3 is 0 Å². The molecular formula is C25H27Cl2NO. The first-order valence-electron chi connectivity index (χ1n) is 9.97. The molecule has 0 aromatic heterocycles. The minimum absolute atomic E-state index is 0. The SMILES string of the molecule is CC(c1ccccc1)N1CC[C@@H](Oc2ccc(Cl)cc2)[C@H](c2ccccc2)C1.Cl. The second kappa shape index (κ2) is 10.2. The van der Waals surface area contributed by atoms with E-state index in [9.17, 15) is 0 Å². The van der Waals surface area contributed by atoms with E-state index in [1.54, 1.807) is 0 Å². The molecule has 3 aromatic rings. The summed E-state index contributed by atoms with van der Waals surface area (Å²) in [5.41, 5.74) is 2.71. The highest BCUT2D eigenvalue weighted by molar-refractivity contribution is 6.30. The Morgan fingerprint density at radius 1 is 0.897 bits per heavy atom. The van der Waals surface area contributed by atoms with Crippen LogP contribution in [0.4, 0.5) is 0 Å². The summed E-state index contributed by atoms with van der Waals surface area (Å²) in [5.74, 6) is 1.22. The van der Waals surface area contributed by atoms with Crippen LogP contribution in [0.3, 0.4) is 0 Å². The van der Waals surface area contributed by atoms with Gasteiger partial charge in [0.05, 0.1) is 0 Å². The standard InChI is InChI=1S/C25H26ClNO.ClH/c1-19(20-8-4-2-5-9-20)27-17-16-25(28-23-14-12-22(26)13-15-23)24(18-27)21-10-6-3-7-11-21;/h2-15,19,24-25H,16-18H2,1H3;1H/t19?,24-,25+;/m0./s1. The van der Waals surface area contributed by atoms with Crippen molar-refractivity contribution in [1.29, 1.82) is 0 Å². The third-order valence-corrected chi connectivity index (χ3v) is 5.99. The van der Waals surface area contributed by atoms with Crippen LogP contribution in [0.2, 0.25) is 5.02 Å². The highest BCUT2D eigenvalue weighted by Crippen LogP contribution is 2.34. The number of hydrogen-bond donors (Lipinski definition) is 0. The summed E-state index contributed by atoms with van der Waals surface area (Å²) < 4.78 is 6.43. The third-order valence-electron chi connectivity index (χ3n) is 5.74. The molecular weight excluding hydrogens is 401 g/mol. The van der Waals surface area contributed by atoms with Gasteiger partial charge in [0, 0.05) is 30.1 Å². The lowest BCUT2D eigenvalue weighted by Crippen LogP contribution is -2.45. The molecule has 4 rings (SSSR count). The molecule has 1 aliphatic rings. The molecule has 3 atom stereocenters. The number of benzene rings is 3. The molecule has 152 valence electrons. The number of nitrogens with zero attached hydrogens (tertiary/aromatic N) is 1. The van der Waals surface area contributed by atoms with E-state index in [2.05, 4.69) is 72.5 Å². The van der Waals surface area contributed by atoms with Gasteiger partial charge in [0.15, 0.2) is 0 Å².